The average molecular weight is 388 g/mol. The standard InChI is InChI=1S/C22H33N3O3/c1-8-10-16(9-2)28-22-21(23-6)25-20(15(5)24-22)18-12-11-17(27-14(3)4)13-19(18)26-7/h11-14,16H,8-10H2,1-7H3,(H,23,25). The van der Waals surface area contributed by atoms with Gasteiger partial charge in [0.25, 0.3) is 5.88 Å². The maximum atomic E-state index is 6.13. The lowest BCUT2D eigenvalue weighted by Crippen LogP contribution is -2.17. The Hall–Kier alpha value is -2.50. The second kappa shape index (κ2) is 10.2. The van der Waals surface area contributed by atoms with Crippen molar-refractivity contribution in [3.63, 3.8) is 0 Å². The summed E-state index contributed by atoms with van der Waals surface area (Å²) in [4.78, 5) is 9.49. The zero-order valence-corrected chi connectivity index (χ0v) is 18.1. The fourth-order valence-corrected chi connectivity index (χ4v) is 3.04. The fraction of sp³-hybridized carbons (Fsp3) is 0.545. The van der Waals surface area contributed by atoms with E-state index in [1.807, 2.05) is 46.0 Å². The van der Waals surface area contributed by atoms with Gasteiger partial charge in [0.2, 0.25) is 0 Å². The number of nitrogens with zero attached hydrogens (tertiary/aromatic N) is 2. The number of hydrogen-bond donors (Lipinski definition) is 1. The van der Waals surface area contributed by atoms with Gasteiger partial charge >= 0.3 is 0 Å². The third-order valence-corrected chi connectivity index (χ3v) is 4.42. The van der Waals surface area contributed by atoms with Crippen LogP contribution in [0, 0.1) is 6.92 Å². The molecule has 0 saturated carbocycles. The van der Waals surface area contributed by atoms with Gasteiger partial charge in [-0.1, -0.05) is 20.3 Å². The summed E-state index contributed by atoms with van der Waals surface area (Å²) in [6.45, 7) is 10.2. The molecule has 6 nitrogen and oxygen atoms in total. The van der Waals surface area contributed by atoms with Gasteiger partial charge in [-0.3, -0.25) is 0 Å². The van der Waals surface area contributed by atoms with Crippen molar-refractivity contribution in [1.29, 1.82) is 0 Å². The molecule has 1 N–H and O–H groups in total. The van der Waals surface area contributed by atoms with E-state index in [4.69, 9.17) is 24.2 Å². The number of nitrogens with one attached hydrogen (secondary N) is 1. The number of rotatable bonds is 10. The maximum absolute atomic E-state index is 6.13. The fourth-order valence-electron chi connectivity index (χ4n) is 3.04. The molecule has 0 bridgehead atoms. The largest absolute Gasteiger partial charge is 0.496 e. The van der Waals surface area contributed by atoms with Crippen LogP contribution in [0.15, 0.2) is 18.2 Å². The molecular weight excluding hydrogens is 354 g/mol. The minimum atomic E-state index is 0.0963. The molecule has 1 atom stereocenters. The van der Waals surface area contributed by atoms with E-state index < -0.39 is 0 Å². The molecule has 0 radical (unpaired) electrons. The SMILES string of the molecule is CCCC(CC)Oc1nc(C)c(-c2ccc(OC(C)C)cc2OC)nc1NC. The third-order valence-electron chi connectivity index (χ3n) is 4.42. The Morgan fingerprint density at radius 3 is 2.43 bits per heavy atom. The highest BCUT2D eigenvalue weighted by atomic mass is 16.5. The Morgan fingerprint density at radius 2 is 1.86 bits per heavy atom. The number of hydrogen-bond acceptors (Lipinski definition) is 6. The van der Waals surface area contributed by atoms with Gasteiger partial charge < -0.3 is 19.5 Å². The Morgan fingerprint density at radius 1 is 1.11 bits per heavy atom. The summed E-state index contributed by atoms with van der Waals surface area (Å²) in [5, 5.41) is 3.12. The molecule has 0 aliphatic heterocycles. The van der Waals surface area contributed by atoms with E-state index in [0.717, 1.165) is 42.0 Å². The molecule has 0 spiro atoms. The second-order valence-electron chi connectivity index (χ2n) is 7.03. The van der Waals surface area contributed by atoms with Crippen molar-refractivity contribution in [2.24, 2.45) is 0 Å². The van der Waals surface area contributed by atoms with E-state index >= 15 is 0 Å². The second-order valence-corrected chi connectivity index (χ2v) is 7.03. The monoisotopic (exact) mass is 387 g/mol. The normalized spacial score (nSPS) is 12.0. The summed E-state index contributed by atoms with van der Waals surface area (Å²) in [5.41, 5.74) is 2.41. The molecule has 154 valence electrons. The number of aromatic nitrogens is 2. The van der Waals surface area contributed by atoms with Gasteiger partial charge in [0.05, 0.1) is 24.6 Å². The Kier molecular flexibility index (Phi) is 7.91. The summed E-state index contributed by atoms with van der Waals surface area (Å²) >= 11 is 0. The van der Waals surface area contributed by atoms with Crippen LogP contribution in [0.25, 0.3) is 11.3 Å². The van der Waals surface area contributed by atoms with Crippen LogP contribution >= 0.6 is 0 Å². The van der Waals surface area contributed by atoms with Crippen LogP contribution in [0.4, 0.5) is 5.82 Å². The maximum Gasteiger partial charge on any atom is 0.257 e. The lowest BCUT2D eigenvalue weighted by Gasteiger charge is -2.20. The van der Waals surface area contributed by atoms with E-state index in [2.05, 4.69) is 19.2 Å². The summed E-state index contributed by atoms with van der Waals surface area (Å²) in [6.07, 6.45) is 3.23. The summed E-state index contributed by atoms with van der Waals surface area (Å²) in [6, 6.07) is 5.77. The molecular formula is C22H33N3O3. The average Bonchev–Trinajstić information content (AvgIpc) is 2.67. The van der Waals surface area contributed by atoms with Crippen LogP contribution in [0.2, 0.25) is 0 Å². The summed E-state index contributed by atoms with van der Waals surface area (Å²) in [7, 11) is 3.47. The van der Waals surface area contributed by atoms with Crippen molar-refractivity contribution in [1.82, 2.24) is 9.97 Å². The van der Waals surface area contributed by atoms with Crippen LogP contribution < -0.4 is 19.5 Å². The third kappa shape index (κ3) is 5.27. The van der Waals surface area contributed by atoms with Crippen molar-refractivity contribution in [3.05, 3.63) is 23.9 Å². The first-order chi connectivity index (χ1) is 13.4. The Balaban J connectivity index is 2.43. The molecule has 0 fully saturated rings. The van der Waals surface area contributed by atoms with Crippen molar-refractivity contribution < 1.29 is 14.2 Å². The first-order valence-corrected chi connectivity index (χ1v) is 10.0. The molecule has 0 aliphatic rings. The minimum Gasteiger partial charge on any atom is -0.496 e. The molecule has 1 aromatic heterocycles. The topological polar surface area (TPSA) is 65.5 Å². The van der Waals surface area contributed by atoms with Crippen LogP contribution in [-0.4, -0.2) is 36.3 Å². The summed E-state index contributed by atoms with van der Waals surface area (Å²) < 4.78 is 17.5. The van der Waals surface area contributed by atoms with Crippen LogP contribution in [0.3, 0.4) is 0 Å². The zero-order valence-electron chi connectivity index (χ0n) is 18.1. The lowest BCUT2D eigenvalue weighted by atomic mass is 10.1. The van der Waals surface area contributed by atoms with Gasteiger partial charge in [0.15, 0.2) is 5.82 Å². The quantitative estimate of drug-likeness (QED) is 0.601. The molecule has 28 heavy (non-hydrogen) atoms. The number of aryl methyl sites for hydroxylation is 1. The van der Waals surface area contributed by atoms with E-state index in [-0.39, 0.29) is 12.2 Å². The molecule has 2 rings (SSSR count). The van der Waals surface area contributed by atoms with Crippen LogP contribution in [0.1, 0.15) is 52.7 Å². The molecule has 0 aliphatic carbocycles. The van der Waals surface area contributed by atoms with Gasteiger partial charge in [-0.25, -0.2) is 9.97 Å². The number of ether oxygens (including phenoxy) is 3. The molecule has 6 heteroatoms. The molecule has 0 amide bonds. The Bertz CT molecular complexity index is 778. The molecule has 1 heterocycles. The predicted molar refractivity (Wildman–Crippen MR) is 114 cm³/mol. The van der Waals surface area contributed by atoms with E-state index in [0.29, 0.717) is 17.4 Å². The smallest absolute Gasteiger partial charge is 0.257 e. The Labute approximate surface area is 168 Å². The van der Waals surface area contributed by atoms with Crippen LogP contribution in [0.5, 0.6) is 17.4 Å². The first-order valence-electron chi connectivity index (χ1n) is 10.0. The number of benzene rings is 1. The van der Waals surface area contributed by atoms with Crippen molar-refractivity contribution >= 4 is 5.82 Å². The van der Waals surface area contributed by atoms with E-state index in [1.165, 1.54) is 0 Å². The van der Waals surface area contributed by atoms with Gasteiger partial charge in [0, 0.05) is 18.7 Å². The van der Waals surface area contributed by atoms with Gasteiger partial charge in [-0.15, -0.1) is 0 Å². The van der Waals surface area contributed by atoms with Crippen molar-refractivity contribution in [3.8, 4) is 28.6 Å². The summed E-state index contributed by atoms with van der Waals surface area (Å²) in [5.74, 6) is 2.63. The minimum absolute atomic E-state index is 0.0963. The van der Waals surface area contributed by atoms with Gasteiger partial charge in [-0.05, 0) is 45.7 Å². The zero-order chi connectivity index (χ0) is 20.7. The highest BCUT2D eigenvalue weighted by molar-refractivity contribution is 5.72. The van der Waals surface area contributed by atoms with E-state index in [9.17, 15) is 0 Å². The van der Waals surface area contributed by atoms with Crippen LogP contribution in [-0.2, 0) is 0 Å². The number of anilines is 1. The van der Waals surface area contributed by atoms with Gasteiger partial charge in [-0.2, -0.15) is 0 Å². The molecule has 2 aromatic rings. The predicted octanol–water partition coefficient (Wildman–Crippen LogP) is 5.25. The highest BCUT2D eigenvalue weighted by Crippen LogP contribution is 2.36. The lowest BCUT2D eigenvalue weighted by molar-refractivity contribution is 0.178. The van der Waals surface area contributed by atoms with E-state index in [1.54, 1.807) is 7.11 Å². The molecule has 1 aromatic carbocycles. The number of methoxy groups -OCH3 is 1. The van der Waals surface area contributed by atoms with Gasteiger partial charge in [0.1, 0.15) is 17.6 Å². The molecule has 1 unspecified atom stereocenters. The van der Waals surface area contributed by atoms with Crippen molar-refractivity contribution in [2.45, 2.75) is 66.1 Å². The highest BCUT2D eigenvalue weighted by Gasteiger charge is 2.19. The molecule has 0 saturated heterocycles. The first kappa shape index (κ1) is 21.8. The van der Waals surface area contributed by atoms with Crippen molar-refractivity contribution in [2.75, 3.05) is 19.5 Å².